The molecular weight excluding hydrogens is 378 g/mol. The molecule has 3 unspecified atom stereocenters. The molecule has 5 atom stereocenters. The van der Waals surface area contributed by atoms with Crippen LogP contribution in [-0.2, 0) is 16.0 Å². The highest BCUT2D eigenvalue weighted by molar-refractivity contribution is 7.80. The number of fused-ring (bicyclic) bond motifs is 5. The van der Waals surface area contributed by atoms with Crippen LogP contribution in [0.2, 0.25) is 0 Å². The number of aliphatic carboxylic acids is 1. The Kier molecular flexibility index (Phi) is 4.76. The number of ketones is 1. The van der Waals surface area contributed by atoms with E-state index in [0.717, 1.165) is 36.8 Å². The first-order valence-electron chi connectivity index (χ1n) is 9.99. The fourth-order valence-electron chi connectivity index (χ4n) is 5.95. The van der Waals surface area contributed by atoms with Crippen LogP contribution in [0.4, 0.5) is 5.69 Å². The molecule has 6 nitrogen and oxygen atoms in total. The number of anilines is 1. The minimum absolute atomic E-state index is 0.0568. The average molecular weight is 406 g/mol. The van der Waals surface area contributed by atoms with Crippen molar-refractivity contribution in [2.24, 2.45) is 17.3 Å². The molecule has 0 spiro atoms. The summed E-state index contributed by atoms with van der Waals surface area (Å²) >= 11 is 4.06. The number of hydrogen-bond donors (Lipinski definition) is 5. The molecule has 2 fully saturated rings. The van der Waals surface area contributed by atoms with E-state index in [9.17, 15) is 24.9 Å². The molecule has 0 bridgehead atoms. The molecule has 1 aromatic carbocycles. The summed E-state index contributed by atoms with van der Waals surface area (Å²) in [4.78, 5) is 23.8. The van der Waals surface area contributed by atoms with Gasteiger partial charge in [-0.1, -0.05) is 6.92 Å². The van der Waals surface area contributed by atoms with Crippen LogP contribution >= 0.6 is 12.6 Å². The van der Waals surface area contributed by atoms with Gasteiger partial charge in [0.2, 0.25) is 0 Å². The molecule has 7 heteroatoms. The lowest BCUT2D eigenvalue weighted by molar-refractivity contribution is -0.137. The van der Waals surface area contributed by atoms with Crippen LogP contribution in [0.15, 0.2) is 6.07 Å². The third-order valence-corrected chi connectivity index (χ3v) is 7.86. The van der Waals surface area contributed by atoms with E-state index < -0.39 is 12.0 Å². The molecule has 4 rings (SSSR count). The predicted octanol–water partition coefficient (Wildman–Crippen LogP) is 3.32. The van der Waals surface area contributed by atoms with Crippen LogP contribution in [-0.4, -0.2) is 38.9 Å². The fourth-order valence-corrected chi connectivity index (χ4v) is 6.20. The number of carboxylic acids is 1. The number of phenolic OH excluding ortho intramolecular Hbond substituents is 2. The molecule has 4 N–H and O–H groups in total. The largest absolute Gasteiger partial charge is 0.504 e. The second kappa shape index (κ2) is 6.87. The summed E-state index contributed by atoms with van der Waals surface area (Å²) in [5.41, 5.74) is 1.75. The average Bonchev–Trinajstić information content (AvgIpc) is 2.97. The Morgan fingerprint density at radius 3 is 2.71 bits per heavy atom. The number of thiol groups is 1. The Balaban J connectivity index is 1.72. The lowest BCUT2D eigenvalue weighted by Gasteiger charge is -2.48. The summed E-state index contributed by atoms with van der Waals surface area (Å²) in [6.45, 7) is 2.12. The molecule has 0 aliphatic heterocycles. The zero-order valence-electron chi connectivity index (χ0n) is 15.9. The Bertz CT molecular complexity index is 841. The van der Waals surface area contributed by atoms with Crippen molar-refractivity contribution in [3.63, 3.8) is 0 Å². The quantitative estimate of drug-likeness (QED) is 0.389. The first-order chi connectivity index (χ1) is 13.3. The Morgan fingerprint density at radius 1 is 1.29 bits per heavy atom. The number of Topliss-reactive ketones (excluding diaryl/α,β-unsaturated/α-hetero) is 1. The number of carbonyl (C=O) groups excluding carboxylic acids is 1. The topological polar surface area (TPSA) is 107 Å². The van der Waals surface area contributed by atoms with E-state index in [1.54, 1.807) is 6.07 Å². The van der Waals surface area contributed by atoms with E-state index >= 15 is 0 Å². The molecule has 0 heterocycles. The van der Waals surface area contributed by atoms with Gasteiger partial charge in [-0.3, -0.25) is 4.79 Å². The molecule has 2 saturated carbocycles. The minimum Gasteiger partial charge on any atom is -0.504 e. The molecular formula is C21H27NO5S. The van der Waals surface area contributed by atoms with Gasteiger partial charge in [0.1, 0.15) is 11.8 Å². The van der Waals surface area contributed by atoms with Crippen molar-refractivity contribution in [3.8, 4) is 11.5 Å². The van der Waals surface area contributed by atoms with Gasteiger partial charge in [0, 0.05) is 23.2 Å². The Hall–Kier alpha value is -1.89. The predicted molar refractivity (Wildman–Crippen MR) is 108 cm³/mol. The van der Waals surface area contributed by atoms with Crippen molar-refractivity contribution >= 4 is 30.1 Å². The number of rotatable bonds is 4. The molecule has 28 heavy (non-hydrogen) atoms. The van der Waals surface area contributed by atoms with Crippen LogP contribution in [0.1, 0.15) is 56.1 Å². The second-order valence-electron chi connectivity index (χ2n) is 8.74. The van der Waals surface area contributed by atoms with E-state index in [1.807, 2.05) is 0 Å². The van der Waals surface area contributed by atoms with Crippen LogP contribution < -0.4 is 5.32 Å². The molecule has 0 amide bonds. The van der Waals surface area contributed by atoms with Crippen LogP contribution in [0.25, 0.3) is 0 Å². The smallest absolute Gasteiger partial charge is 0.326 e. The lowest BCUT2D eigenvalue weighted by atomic mass is 9.55. The number of aromatic hydroxyl groups is 2. The van der Waals surface area contributed by atoms with Gasteiger partial charge in [0.25, 0.3) is 0 Å². The van der Waals surface area contributed by atoms with Gasteiger partial charge in [0.05, 0.1) is 5.69 Å². The number of nitrogens with one attached hydrogen (secondary N) is 1. The SMILES string of the molecule is C[C@]12CCC3c4cc(N[C@@H](CS)C(=O)O)c(O)c(O)c4CCC3C1CCC2=O. The third-order valence-electron chi connectivity index (χ3n) is 7.50. The number of carboxylic acid groups (broad SMARTS) is 1. The third kappa shape index (κ3) is 2.78. The first-order valence-corrected chi connectivity index (χ1v) is 10.6. The Morgan fingerprint density at radius 2 is 2.04 bits per heavy atom. The minimum atomic E-state index is -1.07. The summed E-state index contributed by atoms with van der Waals surface area (Å²) in [5.74, 6) is -0.115. The first kappa shape index (κ1) is 19.4. The fraction of sp³-hybridized carbons (Fsp3) is 0.619. The number of phenols is 2. The molecule has 0 aromatic heterocycles. The molecule has 3 aliphatic carbocycles. The van der Waals surface area contributed by atoms with Crippen LogP contribution in [0, 0.1) is 17.3 Å². The highest BCUT2D eigenvalue weighted by Crippen LogP contribution is 2.61. The lowest BCUT2D eigenvalue weighted by Crippen LogP contribution is -2.42. The summed E-state index contributed by atoms with van der Waals surface area (Å²) in [6, 6.07) is 0.841. The number of carbonyl (C=O) groups is 2. The number of benzene rings is 1. The van der Waals surface area contributed by atoms with Gasteiger partial charge in [-0.25, -0.2) is 4.79 Å². The van der Waals surface area contributed by atoms with Gasteiger partial charge < -0.3 is 20.6 Å². The summed E-state index contributed by atoms with van der Waals surface area (Å²) in [7, 11) is 0. The van der Waals surface area contributed by atoms with Crippen molar-refractivity contribution in [2.45, 2.75) is 57.4 Å². The van der Waals surface area contributed by atoms with E-state index in [1.165, 1.54) is 0 Å². The molecule has 3 aliphatic rings. The standard InChI is InChI=1S/C21H27NO5S/c1-21-7-6-10-11(14(21)4-5-17(21)23)2-3-12-13(10)8-15(19(25)18(12)24)22-16(9-28)20(26)27/h8,10-11,14,16,22,24-25,28H,2-7,9H2,1H3,(H,26,27)/t10?,11?,14?,16-,21-/m0/s1. The summed E-state index contributed by atoms with van der Waals surface area (Å²) in [6.07, 6.45) is 4.87. The van der Waals surface area contributed by atoms with Crippen molar-refractivity contribution < 1.29 is 24.9 Å². The molecule has 152 valence electrons. The maximum atomic E-state index is 12.5. The number of hydrogen-bond acceptors (Lipinski definition) is 6. The normalized spacial score (nSPS) is 32.2. The zero-order chi connectivity index (χ0) is 20.2. The summed E-state index contributed by atoms with van der Waals surface area (Å²) in [5, 5.41) is 33.1. The Labute approximate surface area is 169 Å². The van der Waals surface area contributed by atoms with Crippen LogP contribution in [0.5, 0.6) is 11.5 Å². The van der Waals surface area contributed by atoms with Crippen LogP contribution in [0.3, 0.4) is 0 Å². The van der Waals surface area contributed by atoms with Gasteiger partial charge in [-0.2, -0.15) is 12.6 Å². The van der Waals surface area contributed by atoms with E-state index in [2.05, 4.69) is 24.9 Å². The monoisotopic (exact) mass is 405 g/mol. The highest BCUT2D eigenvalue weighted by Gasteiger charge is 2.54. The van der Waals surface area contributed by atoms with Crippen molar-refractivity contribution in [3.05, 3.63) is 17.2 Å². The summed E-state index contributed by atoms with van der Waals surface area (Å²) < 4.78 is 0. The van der Waals surface area contributed by atoms with Gasteiger partial charge >= 0.3 is 5.97 Å². The van der Waals surface area contributed by atoms with Crippen molar-refractivity contribution in [1.29, 1.82) is 0 Å². The van der Waals surface area contributed by atoms with E-state index in [4.69, 9.17) is 0 Å². The van der Waals surface area contributed by atoms with Crippen molar-refractivity contribution in [1.82, 2.24) is 0 Å². The second-order valence-corrected chi connectivity index (χ2v) is 9.11. The van der Waals surface area contributed by atoms with Gasteiger partial charge in [-0.15, -0.1) is 0 Å². The highest BCUT2D eigenvalue weighted by atomic mass is 32.1. The van der Waals surface area contributed by atoms with Crippen molar-refractivity contribution in [2.75, 3.05) is 11.1 Å². The maximum absolute atomic E-state index is 12.5. The van der Waals surface area contributed by atoms with E-state index in [0.29, 0.717) is 30.5 Å². The van der Waals surface area contributed by atoms with Gasteiger partial charge in [0.15, 0.2) is 11.5 Å². The molecule has 1 aromatic rings. The molecule has 0 saturated heterocycles. The van der Waals surface area contributed by atoms with Gasteiger partial charge in [-0.05, 0) is 61.5 Å². The zero-order valence-corrected chi connectivity index (χ0v) is 16.8. The van der Waals surface area contributed by atoms with E-state index in [-0.39, 0.29) is 34.3 Å². The maximum Gasteiger partial charge on any atom is 0.326 e. The molecule has 0 radical (unpaired) electrons.